The first-order valence-electron chi connectivity index (χ1n) is 37.6. The number of amides is 1. The number of esters is 1. The number of carbonyl (C=O) groups excluding carboxylic acids is 2. The molecule has 0 rings (SSSR count). The maximum Gasteiger partial charge on any atom is 0.305 e. The quantitative estimate of drug-likeness (QED) is 0.0320. The van der Waals surface area contributed by atoms with Crippen molar-refractivity contribution < 1.29 is 24.5 Å². The lowest BCUT2D eigenvalue weighted by Crippen LogP contribution is -2.45. The maximum absolute atomic E-state index is 12.6. The van der Waals surface area contributed by atoms with E-state index in [1.54, 1.807) is 0 Å². The molecule has 0 aliphatic carbocycles. The van der Waals surface area contributed by atoms with Crippen molar-refractivity contribution in [3.05, 3.63) is 24.3 Å². The van der Waals surface area contributed by atoms with Gasteiger partial charge in [-0.3, -0.25) is 9.59 Å². The molecule has 0 aromatic carbocycles. The number of hydrogen-bond acceptors (Lipinski definition) is 5. The van der Waals surface area contributed by atoms with Crippen LogP contribution in [0, 0.1) is 0 Å². The topological polar surface area (TPSA) is 95.9 Å². The normalized spacial score (nSPS) is 12.6. The third-order valence-electron chi connectivity index (χ3n) is 17.7. The Morgan fingerprint density at radius 3 is 0.902 bits per heavy atom. The van der Waals surface area contributed by atoms with Gasteiger partial charge in [-0.1, -0.05) is 366 Å². The lowest BCUT2D eigenvalue weighted by molar-refractivity contribution is -0.143. The van der Waals surface area contributed by atoms with Gasteiger partial charge in [-0.25, -0.2) is 0 Å². The lowest BCUT2D eigenvalue weighted by Gasteiger charge is -2.22. The molecule has 0 radical (unpaired) electrons. The molecule has 1 amide bonds. The van der Waals surface area contributed by atoms with E-state index in [0.29, 0.717) is 25.9 Å². The monoisotopic (exact) mass is 1150 g/mol. The number of hydrogen-bond donors (Lipinski definition) is 3. The Kier molecular flexibility index (Phi) is 70.4. The van der Waals surface area contributed by atoms with E-state index in [-0.39, 0.29) is 18.5 Å². The standard InChI is InChI=1S/C76H147NO5/c1-3-5-7-9-11-13-15-16-17-18-19-20-21-30-33-36-39-42-45-49-52-56-60-64-68-74(79)73(72-78)77-75(80)69-65-61-57-53-50-46-43-40-37-34-31-28-26-24-22-23-25-27-29-32-35-38-41-44-47-51-55-59-63-67-71-82-76(81)70-66-62-58-54-48-14-12-10-8-6-4-2/h10,12,23,25,73-74,78-79H,3-9,11,13-22,24,26-72H2,1-2H3,(H,77,80)/b12-10-,25-23-. The Labute approximate surface area is 513 Å². The molecule has 0 heterocycles. The number of allylic oxidation sites excluding steroid dienone is 4. The molecule has 0 bridgehead atoms. The third kappa shape index (κ3) is 67.5. The van der Waals surface area contributed by atoms with Crippen LogP contribution in [0.2, 0.25) is 0 Å². The molecule has 0 aliphatic rings. The molecule has 0 aromatic rings. The maximum atomic E-state index is 12.6. The van der Waals surface area contributed by atoms with Crippen LogP contribution in [-0.4, -0.2) is 47.4 Å². The zero-order valence-corrected chi connectivity index (χ0v) is 55.8. The summed E-state index contributed by atoms with van der Waals surface area (Å²) in [5.74, 6) is -0.0214. The first-order chi connectivity index (χ1) is 40.5. The van der Waals surface area contributed by atoms with Crippen LogP contribution in [0.15, 0.2) is 24.3 Å². The fourth-order valence-electron chi connectivity index (χ4n) is 12.0. The van der Waals surface area contributed by atoms with E-state index in [2.05, 4.69) is 43.5 Å². The van der Waals surface area contributed by atoms with Gasteiger partial charge >= 0.3 is 5.97 Å². The largest absolute Gasteiger partial charge is 0.466 e. The van der Waals surface area contributed by atoms with E-state index in [0.717, 1.165) is 44.9 Å². The highest BCUT2D eigenvalue weighted by Gasteiger charge is 2.20. The predicted molar refractivity (Wildman–Crippen MR) is 361 cm³/mol. The minimum absolute atomic E-state index is 0.00675. The number of ether oxygens (including phenoxy) is 1. The molecule has 0 saturated carbocycles. The van der Waals surface area contributed by atoms with E-state index >= 15 is 0 Å². The molecule has 0 fully saturated rings. The summed E-state index contributed by atoms with van der Waals surface area (Å²) in [5, 5.41) is 23.5. The number of rotatable bonds is 71. The van der Waals surface area contributed by atoms with Crippen molar-refractivity contribution in [2.45, 2.75) is 437 Å². The second-order valence-corrected chi connectivity index (χ2v) is 26.0. The van der Waals surface area contributed by atoms with Crippen molar-refractivity contribution in [1.29, 1.82) is 0 Å². The number of nitrogens with one attached hydrogen (secondary N) is 1. The summed E-state index contributed by atoms with van der Waals surface area (Å²) >= 11 is 0. The Bertz CT molecular complexity index is 1280. The zero-order valence-electron chi connectivity index (χ0n) is 55.8. The van der Waals surface area contributed by atoms with Gasteiger partial charge in [0.15, 0.2) is 0 Å². The SMILES string of the molecule is CCCC/C=C\CCCCCCCC(=O)OCCCCCCCCCCCCCC/C=C\CCCCCCCCCCCCCCCCC(=O)NC(CO)C(O)CCCCCCCCCCCCCCCCCCCCCCCCCC. The Morgan fingerprint density at radius 1 is 0.329 bits per heavy atom. The van der Waals surface area contributed by atoms with E-state index < -0.39 is 12.1 Å². The van der Waals surface area contributed by atoms with Gasteiger partial charge in [-0.15, -0.1) is 0 Å². The average molecular weight is 1160 g/mol. The van der Waals surface area contributed by atoms with Crippen LogP contribution in [0.5, 0.6) is 0 Å². The molecule has 0 aliphatic heterocycles. The first-order valence-corrected chi connectivity index (χ1v) is 37.6. The fraction of sp³-hybridized carbons (Fsp3) is 0.921. The van der Waals surface area contributed by atoms with Crippen molar-refractivity contribution in [2.24, 2.45) is 0 Å². The van der Waals surface area contributed by atoms with E-state index in [9.17, 15) is 19.8 Å². The minimum atomic E-state index is -0.665. The molecule has 3 N–H and O–H groups in total. The van der Waals surface area contributed by atoms with E-state index in [1.165, 1.54) is 347 Å². The highest BCUT2D eigenvalue weighted by Crippen LogP contribution is 2.19. The highest BCUT2D eigenvalue weighted by atomic mass is 16.5. The molecule has 2 atom stereocenters. The van der Waals surface area contributed by atoms with Gasteiger partial charge in [-0.05, 0) is 70.6 Å². The number of aliphatic hydroxyl groups is 2. The van der Waals surface area contributed by atoms with Gasteiger partial charge in [0.2, 0.25) is 5.91 Å². The molecule has 6 nitrogen and oxygen atoms in total. The predicted octanol–water partition coefficient (Wildman–Crippen LogP) is 24.5. The third-order valence-corrected chi connectivity index (χ3v) is 17.7. The number of unbranched alkanes of at least 4 members (excludes halogenated alkanes) is 56. The van der Waals surface area contributed by atoms with Crippen LogP contribution >= 0.6 is 0 Å². The van der Waals surface area contributed by atoms with E-state index in [4.69, 9.17) is 4.74 Å². The fourth-order valence-corrected chi connectivity index (χ4v) is 12.0. The average Bonchev–Trinajstić information content (AvgIpc) is 3.48. The first kappa shape index (κ1) is 80.3. The molecular formula is C76H147NO5. The summed E-state index contributed by atoms with van der Waals surface area (Å²) in [6, 6.07) is -0.542. The van der Waals surface area contributed by atoms with Gasteiger partial charge in [0, 0.05) is 12.8 Å². The van der Waals surface area contributed by atoms with Crippen LogP contribution < -0.4 is 5.32 Å². The molecule has 2 unspecified atom stereocenters. The second kappa shape index (κ2) is 71.8. The Balaban J connectivity index is 3.37. The van der Waals surface area contributed by atoms with Gasteiger partial charge < -0.3 is 20.3 Å². The minimum Gasteiger partial charge on any atom is -0.466 e. The van der Waals surface area contributed by atoms with Crippen molar-refractivity contribution in [2.75, 3.05) is 13.2 Å². The number of carbonyl (C=O) groups is 2. The van der Waals surface area contributed by atoms with Crippen LogP contribution in [0.25, 0.3) is 0 Å². The summed E-state index contributed by atoms with van der Waals surface area (Å²) in [7, 11) is 0. The Morgan fingerprint density at radius 2 is 0.585 bits per heavy atom. The van der Waals surface area contributed by atoms with Crippen LogP contribution in [0.4, 0.5) is 0 Å². The molecule has 0 saturated heterocycles. The summed E-state index contributed by atoms with van der Waals surface area (Å²) in [4.78, 5) is 24.6. The summed E-state index contributed by atoms with van der Waals surface area (Å²) < 4.78 is 5.47. The molecule has 0 spiro atoms. The molecule has 0 aromatic heterocycles. The van der Waals surface area contributed by atoms with Crippen LogP contribution in [0.3, 0.4) is 0 Å². The second-order valence-electron chi connectivity index (χ2n) is 26.0. The van der Waals surface area contributed by atoms with Crippen molar-refractivity contribution >= 4 is 11.9 Å². The van der Waals surface area contributed by atoms with Gasteiger partial charge in [0.05, 0.1) is 25.4 Å². The van der Waals surface area contributed by atoms with Crippen molar-refractivity contribution in [3.63, 3.8) is 0 Å². The van der Waals surface area contributed by atoms with Crippen molar-refractivity contribution in [1.82, 2.24) is 5.32 Å². The molecule has 6 heteroatoms. The van der Waals surface area contributed by atoms with Crippen molar-refractivity contribution in [3.8, 4) is 0 Å². The lowest BCUT2D eigenvalue weighted by atomic mass is 10.0. The van der Waals surface area contributed by atoms with Crippen LogP contribution in [0.1, 0.15) is 425 Å². The molecular weight excluding hydrogens is 1010 g/mol. The summed E-state index contributed by atoms with van der Waals surface area (Å²) in [5.41, 5.74) is 0. The highest BCUT2D eigenvalue weighted by molar-refractivity contribution is 5.76. The summed E-state index contributed by atoms with van der Waals surface area (Å²) in [6.45, 7) is 4.96. The zero-order chi connectivity index (χ0) is 59.2. The van der Waals surface area contributed by atoms with Gasteiger partial charge in [0.25, 0.3) is 0 Å². The smallest absolute Gasteiger partial charge is 0.305 e. The summed E-state index contributed by atoms with van der Waals surface area (Å²) in [6.07, 6.45) is 91.1. The molecule has 486 valence electrons. The van der Waals surface area contributed by atoms with Crippen LogP contribution in [-0.2, 0) is 14.3 Å². The van der Waals surface area contributed by atoms with Gasteiger partial charge in [0.1, 0.15) is 0 Å². The number of aliphatic hydroxyl groups excluding tert-OH is 2. The van der Waals surface area contributed by atoms with Gasteiger partial charge in [-0.2, -0.15) is 0 Å². The Hall–Kier alpha value is -1.66. The van der Waals surface area contributed by atoms with E-state index in [1.807, 2.05) is 0 Å². The molecule has 82 heavy (non-hydrogen) atoms.